The fourth-order valence-corrected chi connectivity index (χ4v) is 6.55. The molecule has 1 saturated heterocycles. The zero-order chi connectivity index (χ0) is 28.5. The van der Waals surface area contributed by atoms with E-state index in [2.05, 4.69) is 21.6 Å². The second kappa shape index (κ2) is 11.3. The summed E-state index contributed by atoms with van der Waals surface area (Å²) in [6.07, 6.45) is 1.02. The molecule has 7 heteroatoms. The van der Waals surface area contributed by atoms with E-state index < -0.39 is 0 Å². The van der Waals surface area contributed by atoms with E-state index in [-0.39, 0.29) is 17.9 Å². The van der Waals surface area contributed by atoms with Gasteiger partial charge in [-0.05, 0) is 79.4 Å². The van der Waals surface area contributed by atoms with Crippen LogP contribution in [0.5, 0.6) is 0 Å². The molecule has 2 aliphatic heterocycles. The number of nitrogens with zero attached hydrogens (tertiary/aromatic N) is 2. The van der Waals surface area contributed by atoms with Crippen LogP contribution in [0.25, 0.3) is 10.8 Å². The highest BCUT2D eigenvalue weighted by molar-refractivity contribution is 8.13. The number of anilines is 2. The molecule has 4 aromatic carbocycles. The van der Waals surface area contributed by atoms with Crippen LogP contribution in [0.1, 0.15) is 46.4 Å². The topological polar surface area (TPSA) is 73.8 Å². The molecule has 2 aliphatic rings. The number of nitrogens with one attached hydrogen (secondary N) is 2. The molecule has 1 fully saturated rings. The number of carbonyl (C=O) groups excluding carboxylic acids is 2. The molecular formula is C34H32N4O2S. The molecule has 0 aliphatic carbocycles. The molecule has 2 amide bonds. The number of amidine groups is 1. The van der Waals surface area contributed by atoms with E-state index in [9.17, 15) is 9.59 Å². The number of aliphatic imine (C=N–C) groups is 1. The van der Waals surface area contributed by atoms with E-state index in [1.807, 2.05) is 99.6 Å². The molecule has 0 spiro atoms. The highest BCUT2D eigenvalue weighted by Gasteiger charge is 2.37. The van der Waals surface area contributed by atoms with Crippen LogP contribution in [0.15, 0.2) is 101 Å². The molecule has 0 radical (unpaired) electrons. The molecule has 41 heavy (non-hydrogen) atoms. The van der Waals surface area contributed by atoms with Gasteiger partial charge in [0, 0.05) is 29.2 Å². The Morgan fingerprint density at radius 2 is 1.63 bits per heavy atom. The Hall–Kier alpha value is -4.36. The van der Waals surface area contributed by atoms with Crippen molar-refractivity contribution in [3.05, 3.63) is 118 Å². The normalized spacial score (nSPS) is 16.7. The number of benzene rings is 4. The number of carbonyl (C=O) groups is 2. The second-order valence-corrected chi connectivity index (χ2v) is 11.7. The monoisotopic (exact) mass is 560 g/mol. The maximum Gasteiger partial charge on any atom is 0.255 e. The van der Waals surface area contributed by atoms with Gasteiger partial charge < -0.3 is 15.5 Å². The zero-order valence-corrected chi connectivity index (χ0v) is 24.2. The predicted molar refractivity (Wildman–Crippen MR) is 170 cm³/mol. The second-order valence-electron chi connectivity index (χ2n) is 10.6. The Morgan fingerprint density at radius 3 is 2.41 bits per heavy atom. The summed E-state index contributed by atoms with van der Waals surface area (Å²) in [6, 6.07) is 27.3. The standard InChI is InChI=1S/C34H32N4O2S/c1-21-9-16-29(22(2)19-21)37-33(40)30-23(3)35-34-38(17-6-18-41-34)31(30)25-12-14-28(15-13-25)36-32(39)27-11-10-24-7-4-5-8-26(24)20-27/h4-5,7-16,19-20,31H,6,17-18H2,1-3H3,(H,36,39)(H,37,40). The summed E-state index contributed by atoms with van der Waals surface area (Å²) in [5, 5.41) is 9.25. The van der Waals surface area contributed by atoms with Crippen molar-refractivity contribution in [2.24, 2.45) is 4.99 Å². The number of fused-ring (bicyclic) bond motifs is 2. The molecule has 206 valence electrons. The smallest absolute Gasteiger partial charge is 0.255 e. The first-order valence-electron chi connectivity index (χ1n) is 13.8. The fraction of sp³-hybridized carbons (Fsp3) is 0.206. The van der Waals surface area contributed by atoms with Gasteiger partial charge in [-0.1, -0.05) is 71.9 Å². The van der Waals surface area contributed by atoms with Gasteiger partial charge in [-0.2, -0.15) is 0 Å². The number of aryl methyl sites for hydroxylation is 2. The van der Waals surface area contributed by atoms with Crippen molar-refractivity contribution in [2.75, 3.05) is 22.9 Å². The van der Waals surface area contributed by atoms with Gasteiger partial charge in [0.1, 0.15) is 0 Å². The molecule has 0 aromatic heterocycles. The van der Waals surface area contributed by atoms with Gasteiger partial charge in [-0.25, -0.2) is 4.99 Å². The van der Waals surface area contributed by atoms with Gasteiger partial charge in [-0.3, -0.25) is 9.59 Å². The number of allylic oxidation sites excluding steroid dienone is 1. The van der Waals surface area contributed by atoms with Gasteiger partial charge in [0.2, 0.25) is 0 Å². The molecule has 2 N–H and O–H groups in total. The molecule has 1 atom stereocenters. The number of hydrogen-bond donors (Lipinski definition) is 2. The number of hydrogen-bond acceptors (Lipinski definition) is 5. The SMILES string of the molecule is CC1=C(C(=O)Nc2ccc(C)cc2C)C(c2ccc(NC(=O)c3ccc4ccccc4c3)cc2)N2CCCSC2=N1. The summed E-state index contributed by atoms with van der Waals surface area (Å²) in [5.74, 6) is 0.706. The van der Waals surface area contributed by atoms with Crippen molar-refractivity contribution in [1.29, 1.82) is 0 Å². The molecule has 6 nitrogen and oxygen atoms in total. The van der Waals surface area contributed by atoms with Gasteiger partial charge in [-0.15, -0.1) is 0 Å². The van der Waals surface area contributed by atoms with Crippen molar-refractivity contribution < 1.29 is 9.59 Å². The molecule has 6 rings (SSSR count). The lowest BCUT2D eigenvalue weighted by Crippen LogP contribution is -2.43. The summed E-state index contributed by atoms with van der Waals surface area (Å²) in [6.45, 7) is 6.79. The van der Waals surface area contributed by atoms with Crippen molar-refractivity contribution >= 4 is 50.9 Å². The first kappa shape index (κ1) is 26.8. The summed E-state index contributed by atoms with van der Waals surface area (Å²) < 4.78 is 0. The minimum Gasteiger partial charge on any atom is -0.340 e. The van der Waals surface area contributed by atoms with Crippen LogP contribution in [-0.2, 0) is 4.79 Å². The average molecular weight is 561 g/mol. The van der Waals surface area contributed by atoms with E-state index in [0.717, 1.165) is 62.7 Å². The minimum absolute atomic E-state index is 0.147. The summed E-state index contributed by atoms with van der Waals surface area (Å²) in [5.41, 5.74) is 6.63. The van der Waals surface area contributed by atoms with E-state index in [1.54, 1.807) is 11.8 Å². The van der Waals surface area contributed by atoms with Crippen molar-refractivity contribution in [3.8, 4) is 0 Å². The lowest BCUT2D eigenvalue weighted by molar-refractivity contribution is -0.113. The van der Waals surface area contributed by atoms with Gasteiger partial charge in [0.25, 0.3) is 11.8 Å². The number of rotatable bonds is 5. The maximum atomic E-state index is 13.8. The van der Waals surface area contributed by atoms with Crippen LogP contribution in [0.4, 0.5) is 11.4 Å². The molecule has 0 bridgehead atoms. The molecule has 1 unspecified atom stereocenters. The van der Waals surface area contributed by atoms with Crippen LogP contribution < -0.4 is 10.6 Å². The Kier molecular flexibility index (Phi) is 7.37. The minimum atomic E-state index is -0.272. The zero-order valence-electron chi connectivity index (χ0n) is 23.4. The van der Waals surface area contributed by atoms with Crippen molar-refractivity contribution in [1.82, 2.24) is 4.90 Å². The Bertz CT molecular complexity index is 1720. The van der Waals surface area contributed by atoms with E-state index >= 15 is 0 Å². The van der Waals surface area contributed by atoms with Gasteiger partial charge in [0.15, 0.2) is 5.17 Å². The van der Waals surface area contributed by atoms with Crippen LogP contribution in [0, 0.1) is 13.8 Å². The molecule has 2 heterocycles. The van der Waals surface area contributed by atoms with Crippen molar-refractivity contribution in [2.45, 2.75) is 33.2 Å². The average Bonchev–Trinajstić information content (AvgIpc) is 2.98. The van der Waals surface area contributed by atoms with Crippen molar-refractivity contribution in [3.63, 3.8) is 0 Å². The first-order chi connectivity index (χ1) is 19.9. The third kappa shape index (κ3) is 5.50. The summed E-state index contributed by atoms with van der Waals surface area (Å²) >= 11 is 1.73. The molecular weight excluding hydrogens is 528 g/mol. The van der Waals surface area contributed by atoms with Crippen LogP contribution in [-0.4, -0.2) is 34.2 Å². The van der Waals surface area contributed by atoms with Gasteiger partial charge in [0.05, 0.1) is 17.3 Å². The highest BCUT2D eigenvalue weighted by Crippen LogP contribution is 2.40. The van der Waals surface area contributed by atoms with E-state index in [4.69, 9.17) is 4.99 Å². The quantitative estimate of drug-likeness (QED) is 0.266. The maximum absolute atomic E-state index is 13.8. The summed E-state index contributed by atoms with van der Waals surface area (Å²) in [7, 11) is 0. The number of amides is 2. The predicted octanol–water partition coefficient (Wildman–Crippen LogP) is 7.47. The fourth-order valence-electron chi connectivity index (χ4n) is 5.53. The van der Waals surface area contributed by atoms with Gasteiger partial charge >= 0.3 is 0 Å². The molecule has 0 saturated carbocycles. The van der Waals surface area contributed by atoms with Crippen LogP contribution in [0.2, 0.25) is 0 Å². The Morgan fingerprint density at radius 1 is 0.854 bits per heavy atom. The summed E-state index contributed by atoms with van der Waals surface area (Å²) in [4.78, 5) is 33.9. The van der Waals surface area contributed by atoms with E-state index in [1.165, 1.54) is 0 Å². The lowest BCUT2D eigenvalue weighted by atomic mass is 9.93. The van der Waals surface area contributed by atoms with Crippen LogP contribution in [0.3, 0.4) is 0 Å². The largest absolute Gasteiger partial charge is 0.340 e. The number of thioether (sulfide) groups is 1. The Labute approximate surface area is 244 Å². The third-order valence-corrected chi connectivity index (χ3v) is 8.71. The third-order valence-electron chi connectivity index (χ3n) is 7.63. The highest BCUT2D eigenvalue weighted by atomic mass is 32.2. The molecule has 4 aromatic rings. The Balaban J connectivity index is 1.27. The van der Waals surface area contributed by atoms with E-state index in [0.29, 0.717) is 16.8 Å². The lowest BCUT2D eigenvalue weighted by Gasteiger charge is -2.41. The van der Waals surface area contributed by atoms with Crippen LogP contribution >= 0.6 is 11.8 Å². The first-order valence-corrected chi connectivity index (χ1v) is 14.8.